The van der Waals surface area contributed by atoms with Gasteiger partial charge in [0.05, 0.1) is 19.3 Å². The molecule has 1 saturated heterocycles. The highest BCUT2D eigenvalue weighted by Crippen LogP contribution is 2.27. The maximum absolute atomic E-state index is 12.6. The number of ether oxygens (including phenoxy) is 1. The van der Waals surface area contributed by atoms with Crippen molar-refractivity contribution >= 4 is 29.0 Å². The highest BCUT2D eigenvalue weighted by atomic mass is 32.1. The van der Waals surface area contributed by atoms with E-state index in [2.05, 4.69) is 10.6 Å². The molecule has 0 spiro atoms. The second kappa shape index (κ2) is 8.23. The zero-order valence-corrected chi connectivity index (χ0v) is 15.8. The Kier molecular flexibility index (Phi) is 5.78. The van der Waals surface area contributed by atoms with Crippen LogP contribution in [0.1, 0.15) is 33.0 Å². The van der Waals surface area contributed by atoms with Crippen LogP contribution < -0.4 is 15.4 Å². The molecular formula is C19H23N3O3S. The van der Waals surface area contributed by atoms with Crippen LogP contribution in [-0.2, 0) is 6.54 Å². The molecule has 0 unspecified atom stereocenters. The first-order valence-electron chi connectivity index (χ1n) is 8.64. The molecule has 2 N–H and O–H groups in total. The molecule has 6 nitrogen and oxygen atoms in total. The summed E-state index contributed by atoms with van der Waals surface area (Å²) in [7, 11) is 1.54. The molecule has 26 heavy (non-hydrogen) atoms. The SMILES string of the molecule is COc1ccc(C(=O)N2CCCC2)cc1NC(=O)NCc1ccc(C)s1. The smallest absolute Gasteiger partial charge is 0.319 e. The minimum atomic E-state index is -0.333. The summed E-state index contributed by atoms with van der Waals surface area (Å²) < 4.78 is 5.31. The minimum Gasteiger partial charge on any atom is -0.495 e. The summed E-state index contributed by atoms with van der Waals surface area (Å²) in [5.74, 6) is 0.507. The van der Waals surface area contributed by atoms with Crippen molar-refractivity contribution in [3.63, 3.8) is 0 Å². The summed E-state index contributed by atoms with van der Waals surface area (Å²) in [6, 6.07) is 8.80. The van der Waals surface area contributed by atoms with E-state index in [0.717, 1.165) is 30.8 Å². The van der Waals surface area contributed by atoms with Crippen molar-refractivity contribution in [1.29, 1.82) is 0 Å². The van der Waals surface area contributed by atoms with Gasteiger partial charge in [0.15, 0.2) is 0 Å². The Morgan fingerprint density at radius 2 is 1.96 bits per heavy atom. The Labute approximate surface area is 157 Å². The van der Waals surface area contributed by atoms with E-state index in [1.165, 1.54) is 12.0 Å². The lowest BCUT2D eigenvalue weighted by molar-refractivity contribution is 0.0793. The van der Waals surface area contributed by atoms with Gasteiger partial charge < -0.3 is 20.3 Å². The molecule has 1 aromatic carbocycles. The molecule has 3 rings (SSSR count). The first kappa shape index (κ1) is 18.3. The number of anilines is 1. The molecule has 1 aliphatic heterocycles. The fraction of sp³-hybridized carbons (Fsp3) is 0.368. The first-order valence-corrected chi connectivity index (χ1v) is 9.46. The molecule has 0 saturated carbocycles. The van der Waals surface area contributed by atoms with Crippen LogP contribution in [0.2, 0.25) is 0 Å². The van der Waals surface area contributed by atoms with Gasteiger partial charge in [-0.3, -0.25) is 4.79 Å². The van der Waals surface area contributed by atoms with Gasteiger partial charge in [0.25, 0.3) is 5.91 Å². The topological polar surface area (TPSA) is 70.7 Å². The van der Waals surface area contributed by atoms with Gasteiger partial charge in [-0.1, -0.05) is 0 Å². The number of rotatable bonds is 5. The lowest BCUT2D eigenvalue weighted by atomic mass is 10.1. The second-order valence-electron chi connectivity index (χ2n) is 6.23. The van der Waals surface area contributed by atoms with Crippen LogP contribution in [0, 0.1) is 6.92 Å². The predicted molar refractivity (Wildman–Crippen MR) is 103 cm³/mol. The summed E-state index contributed by atoms with van der Waals surface area (Å²) in [5, 5.41) is 5.61. The average molecular weight is 373 g/mol. The van der Waals surface area contributed by atoms with Crippen LogP contribution in [-0.4, -0.2) is 37.0 Å². The molecule has 0 aliphatic carbocycles. The number of aryl methyl sites for hydroxylation is 1. The lowest BCUT2D eigenvalue weighted by Gasteiger charge is -2.17. The van der Waals surface area contributed by atoms with Crippen LogP contribution >= 0.6 is 11.3 Å². The van der Waals surface area contributed by atoms with Crippen LogP contribution in [0.4, 0.5) is 10.5 Å². The van der Waals surface area contributed by atoms with E-state index >= 15 is 0 Å². The van der Waals surface area contributed by atoms with E-state index in [4.69, 9.17) is 4.74 Å². The quantitative estimate of drug-likeness (QED) is 0.841. The highest BCUT2D eigenvalue weighted by Gasteiger charge is 2.21. The van der Waals surface area contributed by atoms with Crippen molar-refractivity contribution in [2.45, 2.75) is 26.3 Å². The molecule has 1 aliphatic rings. The van der Waals surface area contributed by atoms with Gasteiger partial charge in [-0.25, -0.2) is 4.79 Å². The van der Waals surface area contributed by atoms with Crippen molar-refractivity contribution in [3.8, 4) is 5.75 Å². The van der Waals surface area contributed by atoms with Gasteiger partial charge in [0.2, 0.25) is 0 Å². The zero-order valence-electron chi connectivity index (χ0n) is 15.0. The largest absolute Gasteiger partial charge is 0.495 e. The summed E-state index contributed by atoms with van der Waals surface area (Å²) in [6.45, 7) is 4.06. The number of nitrogens with one attached hydrogen (secondary N) is 2. The Hall–Kier alpha value is -2.54. The fourth-order valence-corrected chi connectivity index (χ4v) is 3.79. The molecular weight excluding hydrogens is 350 g/mol. The number of carbonyl (C=O) groups excluding carboxylic acids is 2. The molecule has 0 radical (unpaired) electrons. The van der Waals surface area contributed by atoms with Gasteiger partial charge >= 0.3 is 6.03 Å². The van der Waals surface area contributed by atoms with Crippen LogP contribution in [0.5, 0.6) is 5.75 Å². The summed E-state index contributed by atoms with van der Waals surface area (Å²) in [6.07, 6.45) is 2.08. The summed E-state index contributed by atoms with van der Waals surface area (Å²) in [5.41, 5.74) is 1.04. The molecule has 1 aromatic heterocycles. The predicted octanol–water partition coefficient (Wildman–Crippen LogP) is 3.62. The monoisotopic (exact) mass is 373 g/mol. The molecule has 7 heteroatoms. The standard InChI is InChI=1S/C19H23N3O3S/c1-13-5-7-15(26-13)12-20-19(24)21-16-11-14(6-8-17(16)25-2)18(23)22-9-3-4-10-22/h5-8,11H,3-4,9-10,12H2,1-2H3,(H2,20,21,24). The number of likely N-dealkylation sites (tertiary alicyclic amines) is 1. The maximum Gasteiger partial charge on any atom is 0.319 e. The van der Waals surface area contributed by atoms with Crippen LogP contribution in [0.25, 0.3) is 0 Å². The zero-order chi connectivity index (χ0) is 18.5. The third-order valence-corrected chi connectivity index (χ3v) is 5.31. The number of hydrogen-bond donors (Lipinski definition) is 2. The van der Waals surface area contributed by atoms with E-state index in [0.29, 0.717) is 23.5 Å². The van der Waals surface area contributed by atoms with E-state index in [-0.39, 0.29) is 11.9 Å². The molecule has 3 amide bonds. The Morgan fingerprint density at radius 1 is 1.19 bits per heavy atom. The van der Waals surface area contributed by atoms with Crippen LogP contribution in [0.15, 0.2) is 30.3 Å². The maximum atomic E-state index is 12.6. The van der Waals surface area contributed by atoms with Gasteiger partial charge in [-0.15, -0.1) is 11.3 Å². The van der Waals surface area contributed by atoms with Crippen LogP contribution in [0.3, 0.4) is 0 Å². The lowest BCUT2D eigenvalue weighted by Crippen LogP contribution is -2.29. The third-order valence-electron chi connectivity index (χ3n) is 4.31. The average Bonchev–Trinajstić information content (AvgIpc) is 3.31. The number of amides is 3. The number of hydrogen-bond acceptors (Lipinski definition) is 4. The molecule has 1 fully saturated rings. The van der Waals surface area contributed by atoms with Crippen molar-refractivity contribution < 1.29 is 14.3 Å². The number of thiophene rings is 1. The van der Waals surface area contributed by atoms with E-state index in [1.54, 1.807) is 29.5 Å². The van der Waals surface area contributed by atoms with Crippen molar-refractivity contribution in [3.05, 3.63) is 45.6 Å². The molecule has 138 valence electrons. The summed E-state index contributed by atoms with van der Waals surface area (Å²) >= 11 is 1.65. The molecule has 2 heterocycles. The van der Waals surface area contributed by atoms with Crippen molar-refractivity contribution in [1.82, 2.24) is 10.2 Å². The fourth-order valence-electron chi connectivity index (χ4n) is 2.96. The minimum absolute atomic E-state index is 0.0114. The normalized spacial score (nSPS) is 13.5. The molecule has 0 bridgehead atoms. The van der Waals surface area contributed by atoms with Gasteiger partial charge in [-0.2, -0.15) is 0 Å². The molecule has 0 atom stereocenters. The summed E-state index contributed by atoms with van der Waals surface area (Å²) in [4.78, 5) is 28.9. The van der Waals surface area contributed by atoms with E-state index < -0.39 is 0 Å². The molecule has 2 aromatic rings. The second-order valence-corrected chi connectivity index (χ2v) is 7.61. The number of methoxy groups -OCH3 is 1. The Balaban J connectivity index is 1.67. The van der Waals surface area contributed by atoms with Crippen molar-refractivity contribution in [2.24, 2.45) is 0 Å². The highest BCUT2D eigenvalue weighted by molar-refractivity contribution is 7.11. The van der Waals surface area contributed by atoms with E-state index in [9.17, 15) is 9.59 Å². The number of benzene rings is 1. The Bertz CT molecular complexity index is 797. The van der Waals surface area contributed by atoms with Crippen molar-refractivity contribution in [2.75, 3.05) is 25.5 Å². The number of carbonyl (C=O) groups is 2. The Morgan fingerprint density at radius 3 is 2.62 bits per heavy atom. The first-order chi connectivity index (χ1) is 12.6. The number of urea groups is 1. The van der Waals surface area contributed by atoms with Gasteiger partial charge in [0, 0.05) is 28.4 Å². The van der Waals surface area contributed by atoms with Gasteiger partial charge in [0.1, 0.15) is 5.75 Å². The third kappa shape index (κ3) is 4.35. The van der Waals surface area contributed by atoms with E-state index in [1.807, 2.05) is 24.0 Å². The number of nitrogens with zero attached hydrogens (tertiary/aromatic N) is 1. The van der Waals surface area contributed by atoms with Gasteiger partial charge in [-0.05, 0) is 50.1 Å².